The summed E-state index contributed by atoms with van der Waals surface area (Å²) in [5.41, 5.74) is 1.03. The second-order valence-corrected chi connectivity index (χ2v) is 3.66. The molecule has 80 valence electrons. The molecule has 1 unspecified atom stereocenters. The van der Waals surface area contributed by atoms with Crippen LogP contribution in [0.1, 0.15) is 31.7 Å². The minimum absolute atomic E-state index is 0.0776. The van der Waals surface area contributed by atoms with Crippen molar-refractivity contribution in [1.29, 1.82) is 0 Å². The molecule has 1 aromatic carbocycles. The van der Waals surface area contributed by atoms with Gasteiger partial charge in [-0.05, 0) is 18.4 Å². The monoisotopic (exact) mass is 207 g/mol. The Morgan fingerprint density at radius 2 is 1.93 bits per heavy atom. The molecule has 0 aromatic heterocycles. The lowest BCUT2D eigenvalue weighted by Gasteiger charge is -2.08. The number of hydrogen-bond donors (Lipinski definition) is 0. The topological polar surface area (TPSA) is 60.2 Å². The normalized spacial score (nSPS) is 12.1. The van der Waals surface area contributed by atoms with Crippen molar-refractivity contribution < 1.29 is 9.72 Å². The molecule has 0 aliphatic carbocycles. The van der Waals surface area contributed by atoms with Gasteiger partial charge in [-0.1, -0.05) is 19.1 Å². The quantitative estimate of drug-likeness (QED) is 0.563. The molecule has 0 spiro atoms. The maximum Gasteiger partial charge on any atom is 0.269 e. The lowest BCUT2D eigenvalue weighted by Crippen LogP contribution is -2.00. The van der Waals surface area contributed by atoms with Gasteiger partial charge in [-0.3, -0.25) is 10.1 Å². The largest absolute Gasteiger partial charge is 0.300 e. The zero-order valence-corrected chi connectivity index (χ0v) is 8.77. The highest BCUT2D eigenvalue weighted by atomic mass is 16.6. The van der Waals surface area contributed by atoms with E-state index in [0.717, 1.165) is 5.56 Å². The van der Waals surface area contributed by atoms with Crippen LogP contribution in [0.4, 0.5) is 5.69 Å². The van der Waals surface area contributed by atoms with Gasteiger partial charge in [0.2, 0.25) is 0 Å². The molecule has 0 aliphatic rings. The first-order valence-corrected chi connectivity index (χ1v) is 4.74. The van der Waals surface area contributed by atoms with Crippen LogP contribution in [0.5, 0.6) is 0 Å². The fourth-order valence-corrected chi connectivity index (χ4v) is 1.47. The molecule has 0 radical (unpaired) electrons. The fourth-order valence-electron chi connectivity index (χ4n) is 1.47. The van der Waals surface area contributed by atoms with E-state index in [1.807, 2.05) is 6.92 Å². The van der Waals surface area contributed by atoms with E-state index in [1.165, 1.54) is 12.1 Å². The highest BCUT2D eigenvalue weighted by Crippen LogP contribution is 2.21. The highest BCUT2D eigenvalue weighted by Gasteiger charge is 2.10. The molecule has 15 heavy (non-hydrogen) atoms. The molecule has 1 aromatic rings. The Morgan fingerprint density at radius 3 is 2.33 bits per heavy atom. The number of non-ortho nitro benzene ring substituents is 1. The van der Waals surface area contributed by atoms with Crippen LogP contribution in [-0.4, -0.2) is 10.7 Å². The highest BCUT2D eigenvalue weighted by molar-refractivity contribution is 5.76. The Labute approximate surface area is 88.1 Å². The molecule has 0 bridgehead atoms. The van der Waals surface area contributed by atoms with E-state index in [2.05, 4.69) is 0 Å². The first kappa shape index (κ1) is 11.4. The second kappa shape index (κ2) is 4.68. The van der Waals surface area contributed by atoms with Gasteiger partial charge in [-0.25, -0.2) is 0 Å². The summed E-state index contributed by atoms with van der Waals surface area (Å²) in [6, 6.07) is 6.33. The van der Waals surface area contributed by atoms with Gasteiger partial charge in [0.25, 0.3) is 5.69 Å². The van der Waals surface area contributed by atoms with Crippen molar-refractivity contribution in [2.24, 2.45) is 0 Å². The number of nitrogens with zero attached hydrogens (tertiary/aromatic N) is 1. The summed E-state index contributed by atoms with van der Waals surface area (Å²) in [7, 11) is 0. The van der Waals surface area contributed by atoms with E-state index in [-0.39, 0.29) is 17.4 Å². The van der Waals surface area contributed by atoms with Crippen molar-refractivity contribution in [3.8, 4) is 0 Å². The van der Waals surface area contributed by atoms with E-state index in [4.69, 9.17) is 0 Å². The van der Waals surface area contributed by atoms with Crippen LogP contribution >= 0.6 is 0 Å². The van der Waals surface area contributed by atoms with E-state index in [0.29, 0.717) is 6.42 Å². The maximum absolute atomic E-state index is 10.9. The van der Waals surface area contributed by atoms with Crippen molar-refractivity contribution in [2.45, 2.75) is 26.2 Å². The number of Topliss-reactive ketones (excluding diaryl/α,β-unsaturated/α-hetero) is 1. The van der Waals surface area contributed by atoms with Crippen molar-refractivity contribution in [2.75, 3.05) is 0 Å². The van der Waals surface area contributed by atoms with Crippen LogP contribution in [-0.2, 0) is 4.79 Å². The third-order valence-electron chi connectivity index (χ3n) is 2.27. The number of carbonyl (C=O) groups is 1. The van der Waals surface area contributed by atoms with E-state index < -0.39 is 4.92 Å². The molecule has 0 heterocycles. The average Bonchev–Trinajstić information content (AvgIpc) is 2.17. The Bertz CT molecular complexity index is 370. The number of carbonyl (C=O) groups excluding carboxylic acids is 1. The van der Waals surface area contributed by atoms with Gasteiger partial charge in [-0.15, -0.1) is 0 Å². The minimum Gasteiger partial charge on any atom is -0.300 e. The predicted octanol–water partition coefficient (Wildman–Crippen LogP) is 2.68. The number of benzene rings is 1. The summed E-state index contributed by atoms with van der Waals surface area (Å²) in [6.07, 6.45) is 0.470. The first-order valence-electron chi connectivity index (χ1n) is 4.74. The average molecular weight is 207 g/mol. The van der Waals surface area contributed by atoms with Gasteiger partial charge in [0.05, 0.1) is 4.92 Å². The molecule has 0 N–H and O–H groups in total. The predicted molar refractivity (Wildman–Crippen MR) is 56.8 cm³/mol. The van der Waals surface area contributed by atoms with Gasteiger partial charge in [0.15, 0.2) is 0 Å². The van der Waals surface area contributed by atoms with Crippen molar-refractivity contribution in [3.05, 3.63) is 39.9 Å². The van der Waals surface area contributed by atoms with Crippen molar-refractivity contribution in [3.63, 3.8) is 0 Å². The summed E-state index contributed by atoms with van der Waals surface area (Å²) in [4.78, 5) is 20.9. The molecule has 0 saturated heterocycles. The van der Waals surface area contributed by atoms with Crippen molar-refractivity contribution >= 4 is 11.5 Å². The lowest BCUT2D eigenvalue weighted by molar-refractivity contribution is -0.384. The third kappa shape index (κ3) is 3.16. The zero-order valence-electron chi connectivity index (χ0n) is 8.77. The van der Waals surface area contributed by atoms with Gasteiger partial charge < -0.3 is 4.79 Å². The smallest absolute Gasteiger partial charge is 0.269 e. The number of nitro groups is 1. The Balaban J connectivity index is 2.79. The van der Waals surface area contributed by atoms with E-state index in [9.17, 15) is 14.9 Å². The molecule has 0 amide bonds. The Kier molecular flexibility index (Phi) is 3.55. The molecule has 4 nitrogen and oxygen atoms in total. The summed E-state index contributed by atoms with van der Waals surface area (Å²) in [6.45, 7) is 3.48. The van der Waals surface area contributed by atoms with E-state index in [1.54, 1.807) is 19.1 Å². The number of nitro benzene ring substituents is 1. The van der Waals surface area contributed by atoms with Crippen LogP contribution in [0.2, 0.25) is 0 Å². The number of hydrogen-bond acceptors (Lipinski definition) is 3. The molecule has 1 rings (SSSR count). The molecule has 4 heteroatoms. The number of ketones is 1. The second-order valence-electron chi connectivity index (χ2n) is 3.66. The van der Waals surface area contributed by atoms with Crippen LogP contribution in [0.15, 0.2) is 24.3 Å². The van der Waals surface area contributed by atoms with E-state index >= 15 is 0 Å². The summed E-state index contributed by atoms with van der Waals surface area (Å²) in [5.74, 6) is 0.240. The third-order valence-corrected chi connectivity index (χ3v) is 2.27. The van der Waals surface area contributed by atoms with Crippen LogP contribution in [0, 0.1) is 10.1 Å². The molecular formula is C11H13NO3. The van der Waals surface area contributed by atoms with Gasteiger partial charge in [0, 0.05) is 18.6 Å². The SMILES string of the molecule is CC(=O)CC(C)c1ccc([N+](=O)[O-])cc1. The lowest BCUT2D eigenvalue weighted by atomic mass is 9.96. The summed E-state index contributed by atoms with van der Waals surface area (Å²) < 4.78 is 0. The van der Waals surface area contributed by atoms with Crippen LogP contribution in [0.25, 0.3) is 0 Å². The van der Waals surface area contributed by atoms with Crippen molar-refractivity contribution in [1.82, 2.24) is 0 Å². The van der Waals surface area contributed by atoms with Crippen LogP contribution in [0.3, 0.4) is 0 Å². The first-order chi connectivity index (χ1) is 7.00. The minimum atomic E-state index is -0.431. The van der Waals surface area contributed by atoms with Gasteiger partial charge >= 0.3 is 0 Å². The zero-order chi connectivity index (χ0) is 11.4. The molecular weight excluding hydrogens is 194 g/mol. The molecule has 0 aliphatic heterocycles. The Hall–Kier alpha value is -1.71. The number of rotatable bonds is 4. The molecule has 0 saturated carbocycles. The summed E-state index contributed by atoms with van der Waals surface area (Å²) >= 11 is 0. The Morgan fingerprint density at radius 1 is 1.40 bits per heavy atom. The van der Waals surface area contributed by atoms with Crippen LogP contribution < -0.4 is 0 Å². The molecule has 1 atom stereocenters. The van der Waals surface area contributed by atoms with Gasteiger partial charge in [-0.2, -0.15) is 0 Å². The fraction of sp³-hybridized carbons (Fsp3) is 0.364. The molecule has 0 fully saturated rings. The summed E-state index contributed by atoms with van der Waals surface area (Å²) in [5, 5.41) is 10.4. The van der Waals surface area contributed by atoms with Gasteiger partial charge in [0.1, 0.15) is 5.78 Å². The maximum atomic E-state index is 10.9. The standard InChI is InChI=1S/C11H13NO3/c1-8(7-9(2)13)10-3-5-11(6-4-10)12(14)15/h3-6,8H,7H2,1-2H3.